The third-order valence-electron chi connectivity index (χ3n) is 5.18. The zero-order valence-corrected chi connectivity index (χ0v) is 17.9. The van der Waals surface area contributed by atoms with Crippen molar-refractivity contribution in [2.45, 2.75) is 19.4 Å². The van der Waals surface area contributed by atoms with Crippen molar-refractivity contribution in [1.82, 2.24) is 5.32 Å². The number of nitrogen functional groups attached to an aromatic ring is 1. The standard InChI is InChI=1S/C25H23N3O2S/c1-16(24(29)27-15-17-7-3-2-4-8-17)18-11-12-19-14-23(31-22(19)13-18)25(30)28-21-10-6-5-9-20(21)26/h2-14,16H,15,26H2,1H3,(H,27,29)(H,28,30). The molecule has 156 valence electrons. The molecule has 0 saturated carbocycles. The van der Waals surface area contributed by atoms with E-state index in [1.54, 1.807) is 12.1 Å². The van der Waals surface area contributed by atoms with Crippen LogP contribution in [-0.2, 0) is 11.3 Å². The van der Waals surface area contributed by atoms with Crippen molar-refractivity contribution in [3.63, 3.8) is 0 Å². The van der Waals surface area contributed by atoms with Crippen molar-refractivity contribution < 1.29 is 9.59 Å². The number of hydrogen-bond donors (Lipinski definition) is 3. The molecule has 3 aromatic carbocycles. The highest BCUT2D eigenvalue weighted by Gasteiger charge is 2.17. The molecule has 2 amide bonds. The molecule has 0 saturated heterocycles. The number of benzene rings is 3. The molecule has 0 fully saturated rings. The molecule has 1 heterocycles. The van der Waals surface area contributed by atoms with Crippen LogP contribution in [-0.4, -0.2) is 11.8 Å². The van der Waals surface area contributed by atoms with Gasteiger partial charge in [0, 0.05) is 11.2 Å². The first-order valence-electron chi connectivity index (χ1n) is 10.0. The molecule has 31 heavy (non-hydrogen) atoms. The lowest BCUT2D eigenvalue weighted by molar-refractivity contribution is -0.122. The lowest BCUT2D eigenvalue weighted by Crippen LogP contribution is -2.27. The molecule has 0 bridgehead atoms. The largest absolute Gasteiger partial charge is 0.397 e. The normalized spacial score (nSPS) is 11.8. The summed E-state index contributed by atoms with van der Waals surface area (Å²) < 4.78 is 0.964. The number of anilines is 2. The number of fused-ring (bicyclic) bond motifs is 1. The number of nitrogens with one attached hydrogen (secondary N) is 2. The van der Waals surface area contributed by atoms with Crippen LogP contribution < -0.4 is 16.4 Å². The van der Waals surface area contributed by atoms with E-state index < -0.39 is 0 Å². The van der Waals surface area contributed by atoms with Gasteiger partial charge in [-0.1, -0.05) is 54.6 Å². The van der Waals surface area contributed by atoms with Gasteiger partial charge in [-0.25, -0.2) is 0 Å². The summed E-state index contributed by atoms with van der Waals surface area (Å²) in [7, 11) is 0. The maximum absolute atomic E-state index is 12.7. The predicted molar refractivity (Wildman–Crippen MR) is 127 cm³/mol. The first-order valence-corrected chi connectivity index (χ1v) is 10.8. The predicted octanol–water partition coefficient (Wildman–Crippen LogP) is 5.16. The molecule has 4 N–H and O–H groups in total. The van der Waals surface area contributed by atoms with Gasteiger partial charge in [0.2, 0.25) is 5.91 Å². The number of carbonyl (C=O) groups excluding carboxylic acids is 2. The van der Waals surface area contributed by atoms with Crippen LogP contribution in [0.5, 0.6) is 0 Å². The Kier molecular flexibility index (Phi) is 6.00. The van der Waals surface area contributed by atoms with Crippen molar-refractivity contribution >= 4 is 44.6 Å². The van der Waals surface area contributed by atoms with Gasteiger partial charge < -0.3 is 16.4 Å². The van der Waals surface area contributed by atoms with E-state index in [1.807, 2.05) is 73.7 Å². The van der Waals surface area contributed by atoms with Crippen LogP contribution in [0, 0.1) is 0 Å². The Morgan fingerprint density at radius 1 is 0.968 bits per heavy atom. The second-order valence-corrected chi connectivity index (χ2v) is 8.46. The first-order chi connectivity index (χ1) is 15.0. The van der Waals surface area contributed by atoms with Crippen LogP contribution in [0.1, 0.15) is 33.6 Å². The number of para-hydroxylation sites is 2. The molecule has 4 aromatic rings. The molecule has 0 aliphatic carbocycles. The molecule has 5 nitrogen and oxygen atoms in total. The maximum Gasteiger partial charge on any atom is 0.265 e. The second kappa shape index (κ2) is 9.02. The summed E-state index contributed by atoms with van der Waals surface area (Å²) in [6, 6.07) is 24.7. The second-order valence-electron chi connectivity index (χ2n) is 7.37. The first kappa shape index (κ1) is 20.6. The van der Waals surface area contributed by atoms with Crippen LogP contribution in [0.25, 0.3) is 10.1 Å². The average Bonchev–Trinajstić information content (AvgIpc) is 3.23. The smallest absolute Gasteiger partial charge is 0.265 e. The molecular formula is C25H23N3O2S. The van der Waals surface area contributed by atoms with Crippen molar-refractivity contribution in [3.05, 3.63) is 94.9 Å². The molecule has 1 aromatic heterocycles. The van der Waals surface area contributed by atoms with Gasteiger partial charge in [-0.15, -0.1) is 11.3 Å². The van der Waals surface area contributed by atoms with Crippen LogP contribution in [0.15, 0.2) is 78.9 Å². The van der Waals surface area contributed by atoms with E-state index in [4.69, 9.17) is 5.73 Å². The summed E-state index contributed by atoms with van der Waals surface area (Å²) in [4.78, 5) is 25.9. The highest BCUT2D eigenvalue weighted by Crippen LogP contribution is 2.30. The van der Waals surface area contributed by atoms with E-state index in [-0.39, 0.29) is 17.7 Å². The van der Waals surface area contributed by atoms with E-state index in [2.05, 4.69) is 10.6 Å². The van der Waals surface area contributed by atoms with Crippen molar-refractivity contribution in [1.29, 1.82) is 0 Å². The minimum Gasteiger partial charge on any atom is -0.397 e. The van der Waals surface area contributed by atoms with E-state index in [0.29, 0.717) is 22.8 Å². The van der Waals surface area contributed by atoms with E-state index in [1.165, 1.54) is 11.3 Å². The highest BCUT2D eigenvalue weighted by molar-refractivity contribution is 7.20. The van der Waals surface area contributed by atoms with Gasteiger partial charge >= 0.3 is 0 Å². The lowest BCUT2D eigenvalue weighted by atomic mass is 9.99. The van der Waals surface area contributed by atoms with Gasteiger partial charge in [0.15, 0.2) is 0 Å². The summed E-state index contributed by atoms with van der Waals surface area (Å²) >= 11 is 1.40. The number of thiophene rings is 1. The Balaban J connectivity index is 1.47. The van der Waals surface area contributed by atoms with Crippen molar-refractivity contribution in [2.24, 2.45) is 0 Å². The number of rotatable bonds is 6. The molecule has 0 radical (unpaired) electrons. The van der Waals surface area contributed by atoms with Crippen LogP contribution in [0.4, 0.5) is 11.4 Å². The van der Waals surface area contributed by atoms with E-state index in [9.17, 15) is 9.59 Å². The highest BCUT2D eigenvalue weighted by atomic mass is 32.1. The van der Waals surface area contributed by atoms with Gasteiger partial charge in [-0.05, 0) is 47.7 Å². The SMILES string of the molecule is CC(C(=O)NCc1ccccc1)c1ccc2cc(C(=O)Nc3ccccc3N)sc2c1. The molecule has 0 aliphatic heterocycles. The Bertz CT molecular complexity index is 1230. The zero-order valence-electron chi connectivity index (χ0n) is 17.1. The number of nitrogens with two attached hydrogens (primary N) is 1. The molecule has 1 atom stereocenters. The Morgan fingerprint density at radius 3 is 2.48 bits per heavy atom. The van der Waals surface area contributed by atoms with Crippen LogP contribution in [0.2, 0.25) is 0 Å². The van der Waals surface area contributed by atoms with Gasteiger partial charge in [0.05, 0.1) is 22.2 Å². The maximum atomic E-state index is 12.7. The molecule has 4 rings (SSSR count). The van der Waals surface area contributed by atoms with Crippen molar-refractivity contribution in [3.8, 4) is 0 Å². The molecule has 0 aliphatic rings. The fraction of sp³-hybridized carbons (Fsp3) is 0.120. The van der Waals surface area contributed by atoms with E-state index in [0.717, 1.165) is 21.2 Å². The third-order valence-corrected chi connectivity index (χ3v) is 6.28. The zero-order chi connectivity index (χ0) is 21.8. The topological polar surface area (TPSA) is 84.2 Å². The summed E-state index contributed by atoms with van der Waals surface area (Å²) in [6.45, 7) is 2.39. The minimum atomic E-state index is -0.295. The quantitative estimate of drug-likeness (QED) is 0.370. The van der Waals surface area contributed by atoms with Gasteiger partial charge in [-0.2, -0.15) is 0 Å². The van der Waals surface area contributed by atoms with Gasteiger partial charge in [-0.3, -0.25) is 9.59 Å². The minimum absolute atomic E-state index is 0.0303. The Hall–Kier alpha value is -3.64. The molecule has 6 heteroatoms. The Labute approximate surface area is 184 Å². The third kappa shape index (κ3) is 4.75. The molecule has 0 spiro atoms. The van der Waals surface area contributed by atoms with E-state index >= 15 is 0 Å². The summed E-state index contributed by atoms with van der Waals surface area (Å²) in [5, 5.41) is 6.82. The van der Waals surface area contributed by atoms with Gasteiger partial charge in [0.1, 0.15) is 0 Å². The van der Waals surface area contributed by atoms with Gasteiger partial charge in [0.25, 0.3) is 5.91 Å². The number of amides is 2. The molecule has 1 unspecified atom stereocenters. The fourth-order valence-corrected chi connectivity index (χ4v) is 4.32. The summed E-state index contributed by atoms with van der Waals surface area (Å²) in [6.07, 6.45) is 0. The average molecular weight is 430 g/mol. The number of carbonyl (C=O) groups is 2. The number of hydrogen-bond acceptors (Lipinski definition) is 4. The van der Waals surface area contributed by atoms with Crippen LogP contribution >= 0.6 is 11.3 Å². The fourth-order valence-electron chi connectivity index (χ4n) is 3.31. The van der Waals surface area contributed by atoms with Crippen LogP contribution in [0.3, 0.4) is 0 Å². The Morgan fingerprint density at radius 2 is 1.71 bits per heavy atom. The lowest BCUT2D eigenvalue weighted by Gasteiger charge is -2.13. The summed E-state index contributed by atoms with van der Waals surface area (Å²) in [5.74, 6) is -0.525. The summed E-state index contributed by atoms with van der Waals surface area (Å²) in [5.41, 5.74) is 9.01. The monoisotopic (exact) mass is 429 g/mol. The molecular weight excluding hydrogens is 406 g/mol. The van der Waals surface area contributed by atoms with Crippen molar-refractivity contribution in [2.75, 3.05) is 11.1 Å².